The predicted molar refractivity (Wildman–Crippen MR) is 55.0 cm³/mol. The number of benzene rings is 1. The van der Waals surface area contributed by atoms with Gasteiger partial charge in [-0.05, 0) is 19.1 Å². The quantitative estimate of drug-likeness (QED) is 0.781. The molecule has 2 rings (SSSR count). The normalized spacial score (nSPS) is 11.0. The monoisotopic (exact) mass is 224 g/mol. The molecule has 0 aliphatic carbocycles. The summed E-state index contributed by atoms with van der Waals surface area (Å²) in [5.41, 5.74) is 0.453. The maximum Gasteiger partial charge on any atom is 0.184 e. The van der Waals surface area contributed by atoms with E-state index >= 15 is 0 Å². The molecular formula is C11H10F2N2O. The number of hydrogen-bond acceptors (Lipinski definition) is 2. The summed E-state index contributed by atoms with van der Waals surface area (Å²) in [6.07, 6.45) is 0.117. The standard InChI is InChI=1S/C11H10F2N2O/c1-6(16)5-9-14-8-4-3-7(12)10(13)11(8)15(9)2/h3-4H,5H2,1-2H3. The summed E-state index contributed by atoms with van der Waals surface area (Å²) in [6, 6.07) is 2.43. The summed E-state index contributed by atoms with van der Waals surface area (Å²) in [6.45, 7) is 1.43. The van der Waals surface area contributed by atoms with E-state index in [-0.39, 0.29) is 17.7 Å². The third kappa shape index (κ3) is 1.58. The van der Waals surface area contributed by atoms with Crippen molar-refractivity contribution in [1.82, 2.24) is 9.55 Å². The molecule has 0 atom stereocenters. The van der Waals surface area contributed by atoms with E-state index < -0.39 is 11.6 Å². The van der Waals surface area contributed by atoms with Gasteiger partial charge in [-0.1, -0.05) is 0 Å². The van der Waals surface area contributed by atoms with Crippen molar-refractivity contribution in [3.8, 4) is 0 Å². The SMILES string of the molecule is CC(=O)Cc1nc2ccc(F)c(F)c2n1C. The minimum absolute atomic E-state index is 0.0701. The van der Waals surface area contributed by atoms with Crippen LogP contribution in [-0.2, 0) is 18.3 Å². The zero-order valence-corrected chi connectivity index (χ0v) is 8.92. The third-order valence-electron chi connectivity index (χ3n) is 2.43. The average Bonchev–Trinajstić information content (AvgIpc) is 2.50. The molecule has 0 N–H and O–H groups in total. The topological polar surface area (TPSA) is 34.9 Å². The number of aromatic nitrogens is 2. The van der Waals surface area contributed by atoms with Crippen LogP contribution in [0.5, 0.6) is 0 Å². The number of ketones is 1. The lowest BCUT2D eigenvalue weighted by Crippen LogP contribution is -2.04. The van der Waals surface area contributed by atoms with Gasteiger partial charge in [0.15, 0.2) is 11.6 Å². The van der Waals surface area contributed by atoms with Gasteiger partial charge in [0, 0.05) is 7.05 Å². The molecule has 0 amide bonds. The van der Waals surface area contributed by atoms with Crippen molar-refractivity contribution in [3.63, 3.8) is 0 Å². The predicted octanol–water partition coefficient (Wildman–Crippen LogP) is 1.98. The average molecular weight is 224 g/mol. The summed E-state index contributed by atoms with van der Waals surface area (Å²) in [5, 5.41) is 0. The summed E-state index contributed by atoms with van der Waals surface area (Å²) in [5.74, 6) is -1.47. The Hall–Kier alpha value is -1.78. The zero-order chi connectivity index (χ0) is 11.9. The molecule has 5 heteroatoms. The van der Waals surface area contributed by atoms with E-state index in [1.165, 1.54) is 17.6 Å². The molecule has 0 fully saturated rings. The van der Waals surface area contributed by atoms with Crippen LogP contribution in [0.4, 0.5) is 8.78 Å². The molecule has 0 saturated carbocycles. The lowest BCUT2D eigenvalue weighted by Gasteiger charge is -2.00. The Kier molecular flexibility index (Phi) is 2.46. The Morgan fingerprint density at radius 1 is 1.44 bits per heavy atom. The van der Waals surface area contributed by atoms with Gasteiger partial charge in [-0.3, -0.25) is 4.79 Å². The van der Waals surface area contributed by atoms with E-state index in [1.54, 1.807) is 7.05 Å². The number of carbonyl (C=O) groups excluding carboxylic acids is 1. The first-order valence-corrected chi connectivity index (χ1v) is 4.79. The molecule has 0 aliphatic rings. The molecule has 0 radical (unpaired) electrons. The number of Topliss-reactive ketones (excluding diaryl/α,β-unsaturated/α-hetero) is 1. The minimum Gasteiger partial charge on any atom is -0.328 e. The number of fused-ring (bicyclic) bond motifs is 1. The molecular weight excluding hydrogens is 214 g/mol. The number of imidazole rings is 1. The van der Waals surface area contributed by atoms with Crippen molar-refractivity contribution in [2.45, 2.75) is 13.3 Å². The number of aryl methyl sites for hydroxylation is 1. The van der Waals surface area contributed by atoms with Crippen LogP contribution in [0.15, 0.2) is 12.1 Å². The molecule has 1 heterocycles. The maximum atomic E-state index is 13.5. The van der Waals surface area contributed by atoms with Crippen LogP contribution < -0.4 is 0 Å². The second-order valence-corrected chi connectivity index (χ2v) is 3.69. The molecule has 0 aliphatic heterocycles. The van der Waals surface area contributed by atoms with Crippen molar-refractivity contribution < 1.29 is 13.6 Å². The highest BCUT2D eigenvalue weighted by Crippen LogP contribution is 2.21. The first kappa shape index (κ1) is 10.7. The number of halogens is 2. The summed E-state index contributed by atoms with van der Waals surface area (Å²) < 4.78 is 27.9. The van der Waals surface area contributed by atoms with Gasteiger partial charge < -0.3 is 4.57 Å². The van der Waals surface area contributed by atoms with Crippen molar-refractivity contribution in [1.29, 1.82) is 0 Å². The van der Waals surface area contributed by atoms with Gasteiger partial charge in [0.1, 0.15) is 17.1 Å². The molecule has 16 heavy (non-hydrogen) atoms. The van der Waals surface area contributed by atoms with Crippen LogP contribution in [-0.4, -0.2) is 15.3 Å². The van der Waals surface area contributed by atoms with Crippen LogP contribution in [0, 0.1) is 11.6 Å². The van der Waals surface area contributed by atoms with E-state index in [9.17, 15) is 13.6 Å². The Morgan fingerprint density at radius 3 is 2.75 bits per heavy atom. The summed E-state index contributed by atoms with van der Waals surface area (Å²) in [4.78, 5) is 15.1. The van der Waals surface area contributed by atoms with Gasteiger partial charge in [-0.15, -0.1) is 0 Å². The molecule has 1 aromatic heterocycles. The first-order chi connectivity index (χ1) is 7.50. The number of nitrogens with zero attached hydrogens (tertiary/aromatic N) is 2. The molecule has 0 spiro atoms. The van der Waals surface area contributed by atoms with Gasteiger partial charge in [0.05, 0.1) is 11.9 Å². The van der Waals surface area contributed by atoms with E-state index in [0.717, 1.165) is 6.07 Å². The van der Waals surface area contributed by atoms with Crippen LogP contribution >= 0.6 is 0 Å². The Morgan fingerprint density at radius 2 is 2.12 bits per heavy atom. The smallest absolute Gasteiger partial charge is 0.184 e. The van der Waals surface area contributed by atoms with Crippen molar-refractivity contribution in [2.24, 2.45) is 7.05 Å². The fraction of sp³-hybridized carbons (Fsp3) is 0.273. The molecule has 0 bridgehead atoms. The van der Waals surface area contributed by atoms with Gasteiger partial charge in [-0.25, -0.2) is 13.8 Å². The second-order valence-electron chi connectivity index (χ2n) is 3.69. The summed E-state index contributed by atoms with van der Waals surface area (Å²) >= 11 is 0. The largest absolute Gasteiger partial charge is 0.328 e. The van der Waals surface area contributed by atoms with Crippen molar-refractivity contribution >= 4 is 16.8 Å². The van der Waals surface area contributed by atoms with E-state index in [1.807, 2.05) is 0 Å². The van der Waals surface area contributed by atoms with E-state index in [4.69, 9.17) is 0 Å². The zero-order valence-electron chi connectivity index (χ0n) is 8.92. The van der Waals surface area contributed by atoms with Crippen LogP contribution in [0.1, 0.15) is 12.7 Å². The minimum atomic E-state index is -0.928. The van der Waals surface area contributed by atoms with Crippen LogP contribution in [0.3, 0.4) is 0 Å². The van der Waals surface area contributed by atoms with Gasteiger partial charge in [-0.2, -0.15) is 0 Å². The molecule has 1 aromatic carbocycles. The number of carbonyl (C=O) groups is 1. The Labute approximate surface area is 90.7 Å². The number of rotatable bonds is 2. The van der Waals surface area contributed by atoms with E-state index in [0.29, 0.717) is 11.3 Å². The van der Waals surface area contributed by atoms with Crippen molar-refractivity contribution in [2.75, 3.05) is 0 Å². The highest BCUT2D eigenvalue weighted by Gasteiger charge is 2.15. The fourth-order valence-corrected chi connectivity index (χ4v) is 1.66. The highest BCUT2D eigenvalue weighted by atomic mass is 19.2. The Bertz CT molecular complexity index is 575. The Balaban J connectivity index is 2.69. The first-order valence-electron chi connectivity index (χ1n) is 4.79. The van der Waals surface area contributed by atoms with E-state index in [2.05, 4.69) is 4.98 Å². The maximum absolute atomic E-state index is 13.5. The third-order valence-corrected chi connectivity index (χ3v) is 2.43. The molecule has 0 saturated heterocycles. The van der Waals surface area contributed by atoms with Gasteiger partial charge in [0.25, 0.3) is 0 Å². The highest BCUT2D eigenvalue weighted by molar-refractivity contribution is 5.81. The van der Waals surface area contributed by atoms with Crippen LogP contribution in [0.25, 0.3) is 11.0 Å². The molecule has 84 valence electrons. The van der Waals surface area contributed by atoms with Crippen molar-refractivity contribution in [3.05, 3.63) is 29.6 Å². The molecule has 2 aromatic rings. The molecule has 3 nitrogen and oxygen atoms in total. The fourth-order valence-electron chi connectivity index (χ4n) is 1.66. The molecule has 0 unspecified atom stereocenters. The van der Waals surface area contributed by atoms with Gasteiger partial charge in [0.2, 0.25) is 0 Å². The second kappa shape index (κ2) is 3.66. The lowest BCUT2D eigenvalue weighted by molar-refractivity contribution is -0.116. The summed E-state index contributed by atoms with van der Waals surface area (Å²) in [7, 11) is 1.57. The van der Waals surface area contributed by atoms with Gasteiger partial charge >= 0.3 is 0 Å². The lowest BCUT2D eigenvalue weighted by atomic mass is 10.3. The van der Waals surface area contributed by atoms with Crippen LogP contribution in [0.2, 0.25) is 0 Å². The number of hydrogen-bond donors (Lipinski definition) is 0.